The fourth-order valence-electron chi connectivity index (χ4n) is 2.51. The summed E-state index contributed by atoms with van der Waals surface area (Å²) < 4.78 is 2.60. The van der Waals surface area contributed by atoms with Crippen molar-refractivity contribution in [3.8, 4) is 5.88 Å². The number of rotatable bonds is 4. The first-order valence-electron chi connectivity index (χ1n) is 7.63. The Balaban J connectivity index is 2.06. The number of hydrogen-bond acceptors (Lipinski definition) is 4. The number of fused-ring (bicyclic) bond motifs is 1. The summed E-state index contributed by atoms with van der Waals surface area (Å²) >= 11 is 3.42. The molecule has 2 heterocycles. The van der Waals surface area contributed by atoms with Crippen LogP contribution < -0.4 is 4.90 Å². The Labute approximate surface area is 152 Å². The van der Waals surface area contributed by atoms with Crippen molar-refractivity contribution in [2.75, 3.05) is 14.1 Å². The molecule has 0 aliphatic rings. The smallest absolute Gasteiger partial charge is 0.296 e. The third kappa shape index (κ3) is 3.59. The molecule has 3 aromatic rings. The molecule has 0 bridgehead atoms. The van der Waals surface area contributed by atoms with E-state index in [1.165, 1.54) is 6.20 Å². The Morgan fingerprint density at radius 1 is 1.36 bits per heavy atom. The molecule has 0 unspecified atom stereocenters. The minimum atomic E-state index is -0.512. The topological polar surface area (TPSA) is 84.3 Å². The van der Waals surface area contributed by atoms with Gasteiger partial charge in [-0.25, -0.2) is 0 Å². The Bertz CT molecular complexity index is 951. The van der Waals surface area contributed by atoms with Crippen LogP contribution in [0, 0.1) is 0 Å². The van der Waals surface area contributed by atoms with Gasteiger partial charge in [0.05, 0.1) is 25.2 Å². The van der Waals surface area contributed by atoms with Crippen molar-refractivity contribution in [1.82, 2.24) is 9.55 Å². The van der Waals surface area contributed by atoms with E-state index in [1.54, 1.807) is 22.9 Å². The minimum Gasteiger partial charge on any atom is -0.493 e. The first kappa shape index (κ1) is 17.2. The first-order valence-corrected chi connectivity index (χ1v) is 8.42. The number of carbonyl (C=O) groups excluding carboxylic acids is 1. The summed E-state index contributed by atoms with van der Waals surface area (Å²) in [6.07, 6.45) is 3.00. The zero-order valence-corrected chi connectivity index (χ0v) is 15.4. The summed E-state index contributed by atoms with van der Waals surface area (Å²) in [7, 11) is 3.97. The van der Waals surface area contributed by atoms with Gasteiger partial charge in [-0.15, -0.1) is 10.2 Å². The lowest BCUT2D eigenvalue weighted by atomic mass is 10.2. The average Bonchev–Trinajstić information content (AvgIpc) is 2.84. The Hall–Kier alpha value is -2.58. The summed E-state index contributed by atoms with van der Waals surface area (Å²) in [6.45, 7) is 0.552. The number of amides is 1. The Morgan fingerprint density at radius 3 is 2.84 bits per heavy atom. The van der Waals surface area contributed by atoms with E-state index in [2.05, 4.69) is 31.1 Å². The third-order valence-corrected chi connectivity index (χ3v) is 4.09. The second-order valence-corrected chi connectivity index (χ2v) is 6.79. The molecule has 2 N–H and O–H groups in total. The molecular formula is C17H17BrN5O2+. The molecule has 0 aliphatic carbocycles. The number of aromatic hydroxyl groups is 1. The largest absolute Gasteiger partial charge is 0.493 e. The van der Waals surface area contributed by atoms with E-state index in [4.69, 9.17) is 0 Å². The number of nitrogens with one attached hydrogen (secondary N) is 1. The number of hydrogen-bond donors (Lipinski definition) is 2. The van der Waals surface area contributed by atoms with Crippen LogP contribution in [-0.4, -0.2) is 34.7 Å². The summed E-state index contributed by atoms with van der Waals surface area (Å²) in [5.74, 6) is -0.529. The van der Waals surface area contributed by atoms with E-state index in [0.29, 0.717) is 12.2 Å². The van der Waals surface area contributed by atoms with Gasteiger partial charge < -0.3 is 10.0 Å². The third-order valence-electron chi connectivity index (χ3n) is 3.60. The van der Waals surface area contributed by atoms with Crippen molar-refractivity contribution in [2.24, 2.45) is 10.2 Å². The number of nitrogens with zero attached hydrogens (tertiary/aromatic N) is 4. The molecule has 1 aromatic carbocycles. The highest BCUT2D eigenvalue weighted by molar-refractivity contribution is 9.10. The number of aromatic nitrogens is 2. The number of pyridine rings is 1. The average molecular weight is 403 g/mol. The molecule has 25 heavy (non-hydrogen) atoms. The number of carbonyl (C=O) groups is 1. The van der Waals surface area contributed by atoms with Crippen LogP contribution in [0.2, 0.25) is 0 Å². The molecule has 0 saturated carbocycles. The van der Waals surface area contributed by atoms with E-state index in [1.807, 2.05) is 32.3 Å². The molecule has 128 valence electrons. The fraction of sp³-hybridized carbons (Fsp3) is 0.176. The summed E-state index contributed by atoms with van der Waals surface area (Å²) in [5, 5.41) is 19.1. The molecule has 8 heteroatoms. The van der Waals surface area contributed by atoms with Crippen LogP contribution in [0.5, 0.6) is 5.88 Å². The molecule has 3 rings (SSSR count). The van der Waals surface area contributed by atoms with Gasteiger partial charge in [0.25, 0.3) is 5.91 Å². The van der Waals surface area contributed by atoms with Crippen LogP contribution in [0.4, 0.5) is 5.69 Å². The summed E-state index contributed by atoms with van der Waals surface area (Å²) in [6, 6.07) is 8.90. The molecule has 0 spiro atoms. The number of benzene rings is 1. The van der Waals surface area contributed by atoms with Gasteiger partial charge in [-0.05, 0) is 30.3 Å². The molecule has 0 saturated heterocycles. The predicted octanol–water partition coefficient (Wildman–Crippen LogP) is 2.53. The lowest BCUT2D eigenvalue weighted by molar-refractivity contribution is -0.882. The number of azo groups is 1. The van der Waals surface area contributed by atoms with Crippen molar-refractivity contribution < 1.29 is 14.8 Å². The van der Waals surface area contributed by atoms with E-state index >= 15 is 0 Å². The van der Waals surface area contributed by atoms with Gasteiger partial charge in [-0.3, -0.25) is 14.3 Å². The van der Waals surface area contributed by atoms with Crippen LogP contribution >= 0.6 is 15.9 Å². The Morgan fingerprint density at radius 2 is 2.16 bits per heavy atom. The van der Waals surface area contributed by atoms with Crippen molar-refractivity contribution in [3.05, 3.63) is 52.8 Å². The molecule has 1 amide bonds. The van der Waals surface area contributed by atoms with Crippen molar-refractivity contribution >= 4 is 38.4 Å². The van der Waals surface area contributed by atoms with Crippen molar-refractivity contribution in [3.63, 3.8) is 0 Å². The standard InChI is InChI=1S/C17H16BrN5O2/c1-22(2)10-23-14-6-5-12(18)8-13(14)15(17(23)25)20-21-16(24)11-4-3-7-19-9-11/h3-9,25H,10H2,1-2H3/p+1. The van der Waals surface area contributed by atoms with Crippen LogP contribution in [-0.2, 0) is 6.67 Å². The van der Waals surface area contributed by atoms with Gasteiger partial charge in [-0.2, -0.15) is 0 Å². The van der Waals surface area contributed by atoms with Gasteiger partial charge in [0.1, 0.15) is 0 Å². The first-order chi connectivity index (χ1) is 12.0. The fourth-order valence-corrected chi connectivity index (χ4v) is 2.87. The van der Waals surface area contributed by atoms with Crippen LogP contribution in [0.3, 0.4) is 0 Å². The minimum absolute atomic E-state index is 0.0166. The van der Waals surface area contributed by atoms with Gasteiger partial charge in [0.2, 0.25) is 5.88 Å². The van der Waals surface area contributed by atoms with Gasteiger partial charge in [-0.1, -0.05) is 15.9 Å². The monoisotopic (exact) mass is 402 g/mol. The lowest BCUT2D eigenvalue weighted by Crippen LogP contribution is -3.04. The molecule has 2 aromatic heterocycles. The van der Waals surface area contributed by atoms with E-state index in [9.17, 15) is 9.90 Å². The maximum Gasteiger partial charge on any atom is 0.296 e. The van der Waals surface area contributed by atoms with E-state index < -0.39 is 5.91 Å². The molecule has 0 radical (unpaired) electrons. The number of quaternary nitrogens is 1. The molecule has 0 fully saturated rings. The number of halogens is 1. The van der Waals surface area contributed by atoms with Crippen molar-refractivity contribution in [1.29, 1.82) is 0 Å². The van der Waals surface area contributed by atoms with Gasteiger partial charge in [0.15, 0.2) is 12.4 Å². The zero-order chi connectivity index (χ0) is 18.0. The van der Waals surface area contributed by atoms with E-state index in [0.717, 1.165) is 20.3 Å². The van der Waals surface area contributed by atoms with Gasteiger partial charge >= 0.3 is 0 Å². The molecule has 0 atom stereocenters. The van der Waals surface area contributed by atoms with E-state index in [-0.39, 0.29) is 11.6 Å². The maximum atomic E-state index is 12.1. The zero-order valence-electron chi connectivity index (χ0n) is 13.8. The van der Waals surface area contributed by atoms with Crippen LogP contribution in [0.1, 0.15) is 10.4 Å². The highest BCUT2D eigenvalue weighted by Gasteiger charge is 2.19. The summed E-state index contributed by atoms with van der Waals surface area (Å²) in [4.78, 5) is 17.1. The van der Waals surface area contributed by atoms with Crippen molar-refractivity contribution in [2.45, 2.75) is 6.67 Å². The molecule has 7 nitrogen and oxygen atoms in total. The molecular weight excluding hydrogens is 386 g/mol. The normalized spacial score (nSPS) is 11.7. The lowest BCUT2D eigenvalue weighted by Gasteiger charge is -2.10. The Kier molecular flexibility index (Phi) is 4.91. The highest BCUT2D eigenvalue weighted by Crippen LogP contribution is 2.39. The maximum absolute atomic E-state index is 12.1. The van der Waals surface area contributed by atoms with Crippen LogP contribution in [0.25, 0.3) is 10.9 Å². The predicted molar refractivity (Wildman–Crippen MR) is 97.2 cm³/mol. The highest BCUT2D eigenvalue weighted by atomic mass is 79.9. The quantitative estimate of drug-likeness (QED) is 0.657. The summed E-state index contributed by atoms with van der Waals surface area (Å²) in [5.41, 5.74) is 1.44. The second kappa shape index (κ2) is 7.12. The van der Waals surface area contributed by atoms with Gasteiger partial charge in [0, 0.05) is 22.3 Å². The second-order valence-electron chi connectivity index (χ2n) is 5.87. The SMILES string of the molecule is C[NH+](C)Cn1c(O)c(N=NC(=O)c2cccnc2)c2cc(Br)ccc21. The van der Waals surface area contributed by atoms with Crippen LogP contribution in [0.15, 0.2) is 57.4 Å². The molecule has 0 aliphatic heterocycles.